The highest BCUT2D eigenvalue weighted by molar-refractivity contribution is 7.89. The quantitative estimate of drug-likeness (QED) is 0.763. The number of amides is 1. The smallest absolute Gasteiger partial charge is 0.240 e. The zero-order chi connectivity index (χ0) is 17.6. The average molecular weight is 355 g/mol. The molecule has 1 heterocycles. The van der Waals surface area contributed by atoms with E-state index in [9.17, 15) is 13.2 Å². The van der Waals surface area contributed by atoms with Crippen molar-refractivity contribution in [3.63, 3.8) is 0 Å². The third kappa shape index (κ3) is 5.55. The van der Waals surface area contributed by atoms with E-state index in [1.807, 2.05) is 18.7 Å². The number of benzene rings is 1. The normalized spacial score (nSPS) is 17.4. The van der Waals surface area contributed by atoms with E-state index in [1.165, 1.54) is 12.1 Å². The maximum atomic E-state index is 12.2. The van der Waals surface area contributed by atoms with Crippen molar-refractivity contribution >= 4 is 21.6 Å². The van der Waals surface area contributed by atoms with Crippen LogP contribution in [0.2, 0.25) is 0 Å². The third-order valence-electron chi connectivity index (χ3n) is 3.89. The third-order valence-corrected chi connectivity index (χ3v) is 5.49. The van der Waals surface area contributed by atoms with Gasteiger partial charge in [0.2, 0.25) is 15.9 Å². The molecule has 1 aliphatic heterocycles. The van der Waals surface area contributed by atoms with Crippen LogP contribution in [0.15, 0.2) is 29.2 Å². The van der Waals surface area contributed by atoms with Crippen molar-refractivity contribution in [3.8, 4) is 0 Å². The Morgan fingerprint density at radius 1 is 1.25 bits per heavy atom. The molecular weight excluding hydrogens is 330 g/mol. The van der Waals surface area contributed by atoms with Crippen molar-refractivity contribution in [1.82, 2.24) is 9.62 Å². The molecule has 134 valence electrons. The Balaban J connectivity index is 1.92. The van der Waals surface area contributed by atoms with E-state index in [2.05, 4.69) is 10.0 Å². The van der Waals surface area contributed by atoms with E-state index in [0.29, 0.717) is 25.4 Å². The number of rotatable bonds is 7. The minimum atomic E-state index is -3.52. The van der Waals surface area contributed by atoms with Crippen molar-refractivity contribution in [3.05, 3.63) is 24.3 Å². The number of sulfonamides is 1. The summed E-state index contributed by atoms with van der Waals surface area (Å²) in [6.45, 7) is 6.81. The topological polar surface area (TPSA) is 87.7 Å². The Labute approximate surface area is 143 Å². The van der Waals surface area contributed by atoms with Crippen molar-refractivity contribution < 1.29 is 17.9 Å². The van der Waals surface area contributed by atoms with Gasteiger partial charge in [0.15, 0.2) is 0 Å². The molecule has 0 saturated carbocycles. The number of anilines is 1. The molecule has 0 radical (unpaired) electrons. The molecule has 2 rings (SSSR count). The van der Waals surface area contributed by atoms with Gasteiger partial charge in [-0.1, -0.05) is 6.92 Å². The highest BCUT2D eigenvalue weighted by Gasteiger charge is 2.17. The SMILES string of the molecule is CCC(C)NS(=O)(=O)c1ccc(NC(=O)CN2CCOCC2)cc1. The van der Waals surface area contributed by atoms with Gasteiger partial charge in [-0.15, -0.1) is 0 Å². The van der Waals surface area contributed by atoms with Crippen molar-refractivity contribution in [1.29, 1.82) is 0 Å². The van der Waals surface area contributed by atoms with Crippen molar-refractivity contribution in [2.24, 2.45) is 0 Å². The molecule has 1 aliphatic rings. The molecule has 8 heteroatoms. The van der Waals surface area contributed by atoms with Gasteiger partial charge in [0.25, 0.3) is 0 Å². The van der Waals surface area contributed by atoms with Gasteiger partial charge in [0.05, 0.1) is 24.7 Å². The van der Waals surface area contributed by atoms with Crippen LogP contribution in [0, 0.1) is 0 Å². The fraction of sp³-hybridized carbons (Fsp3) is 0.562. The number of ether oxygens (including phenoxy) is 1. The Morgan fingerprint density at radius 3 is 2.46 bits per heavy atom. The van der Waals surface area contributed by atoms with E-state index in [1.54, 1.807) is 12.1 Å². The molecule has 0 aliphatic carbocycles. The van der Waals surface area contributed by atoms with E-state index in [4.69, 9.17) is 4.74 Å². The van der Waals surface area contributed by atoms with Crippen LogP contribution < -0.4 is 10.0 Å². The maximum Gasteiger partial charge on any atom is 0.240 e. The van der Waals surface area contributed by atoms with E-state index in [0.717, 1.165) is 19.5 Å². The zero-order valence-corrected chi connectivity index (χ0v) is 14.9. The fourth-order valence-corrected chi connectivity index (χ4v) is 3.62. The van der Waals surface area contributed by atoms with Gasteiger partial charge in [-0.3, -0.25) is 9.69 Å². The molecule has 1 fully saturated rings. The van der Waals surface area contributed by atoms with Crippen LogP contribution in [0.4, 0.5) is 5.69 Å². The predicted molar refractivity (Wildman–Crippen MR) is 92.4 cm³/mol. The Morgan fingerprint density at radius 2 is 1.88 bits per heavy atom. The lowest BCUT2D eigenvalue weighted by Gasteiger charge is -2.25. The van der Waals surface area contributed by atoms with Gasteiger partial charge in [0, 0.05) is 24.8 Å². The first-order valence-corrected chi connectivity index (χ1v) is 9.61. The Kier molecular flexibility index (Phi) is 6.73. The number of carbonyl (C=O) groups is 1. The second-order valence-corrected chi connectivity index (χ2v) is 7.61. The van der Waals surface area contributed by atoms with Gasteiger partial charge < -0.3 is 10.1 Å². The summed E-state index contributed by atoms with van der Waals surface area (Å²) in [5, 5.41) is 2.78. The van der Waals surface area contributed by atoms with Crippen LogP contribution in [0.3, 0.4) is 0 Å². The summed E-state index contributed by atoms with van der Waals surface area (Å²) in [6.07, 6.45) is 0.717. The highest BCUT2D eigenvalue weighted by Crippen LogP contribution is 2.15. The fourth-order valence-electron chi connectivity index (χ4n) is 2.30. The molecular formula is C16H25N3O4S. The number of hydrogen-bond acceptors (Lipinski definition) is 5. The van der Waals surface area contributed by atoms with Gasteiger partial charge in [-0.05, 0) is 37.6 Å². The minimum absolute atomic E-state index is 0.120. The first kappa shape index (κ1) is 18.9. The van der Waals surface area contributed by atoms with Crippen LogP contribution >= 0.6 is 0 Å². The molecule has 0 spiro atoms. The van der Waals surface area contributed by atoms with Gasteiger partial charge in [-0.2, -0.15) is 0 Å². The molecule has 0 bridgehead atoms. The van der Waals surface area contributed by atoms with Crippen LogP contribution in [0.5, 0.6) is 0 Å². The molecule has 1 unspecified atom stereocenters. The van der Waals surface area contributed by atoms with E-state index >= 15 is 0 Å². The highest BCUT2D eigenvalue weighted by atomic mass is 32.2. The summed E-state index contributed by atoms with van der Waals surface area (Å²) in [5.74, 6) is -0.120. The number of hydrogen-bond donors (Lipinski definition) is 2. The Bertz CT molecular complexity index is 640. The second-order valence-electron chi connectivity index (χ2n) is 5.89. The number of nitrogens with one attached hydrogen (secondary N) is 2. The van der Waals surface area contributed by atoms with Gasteiger partial charge >= 0.3 is 0 Å². The second kappa shape index (κ2) is 8.57. The number of morpholine rings is 1. The monoisotopic (exact) mass is 355 g/mol. The van der Waals surface area contributed by atoms with Crippen LogP contribution in [0.1, 0.15) is 20.3 Å². The average Bonchev–Trinajstić information content (AvgIpc) is 2.55. The predicted octanol–water partition coefficient (Wildman–Crippen LogP) is 1.03. The first-order valence-electron chi connectivity index (χ1n) is 8.13. The lowest BCUT2D eigenvalue weighted by Crippen LogP contribution is -2.41. The largest absolute Gasteiger partial charge is 0.379 e. The Hall–Kier alpha value is -1.48. The van der Waals surface area contributed by atoms with Crippen molar-refractivity contribution in [2.45, 2.75) is 31.2 Å². The van der Waals surface area contributed by atoms with E-state index < -0.39 is 10.0 Å². The molecule has 1 aromatic rings. The van der Waals surface area contributed by atoms with Gasteiger partial charge in [-0.25, -0.2) is 13.1 Å². The molecule has 1 saturated heterocycles. The summed E-state index contributed by atoms with van der Waals surface area (Å²) in [7, 11) is -3.52. The van der Waals surface area contributed by atoms with E-state index in [-0.39, 0.29) is 16.8 Å². The zero-order valence-electron chi connectivity index (χ0n) is 14.1. The molecule has 24 heavy (non-hydrogen) atoms. The molecule has 1 aromatic carbocycles. The lowest BCUT2D eigenvalue weighted by molar-refractivity contribution is -0.118. The lowest BCUT2D eigenvalue weighted by atomic mass is 10.3. The summed E-state index contributed by atoms with van der Waals surface area (Å²) in [5.41, 5.74) is 0.579. The summed E-state index contributed by atoms with van der Waals surface area (Å²) >= 11 is 0. The van der Waals surface area contributed by atoms with Crippen LogP contribution in [0.25, 0.3) is 0 Å². The first-order chi connectivity index (χ1) is 11.4. The van der Waals surface area contributed by atoms with Crippen molar-refractivity contribution in [2.75, 3.05) is 38.2 Å². The molecule has 7 nitrogen and oxygen atoms in total. The summed E-state index contributed by atoms with van der Waals surface area (Å²) in [6, 6.07) is 6.07. The molecule has 1 amide bonds. The summed E-state index contributed by atoms with van der Waals surface area (Å²) < 4.78 is 32.2. The minimum Gasteiger partial charge on any atom is -0.379 e. The standard InChI is InChI=1S/C16H25N3O4S/c1-3-13(2)18-24(21,22)15-6-4-14(5-7-15)17-16(20)12-19-8-10-23-11-9-19/h4-7,13,18H,3,8-12H2,1-2H3,(H,17,20). The molecule has 0 aromatic heterocycles. The number of nitrogens with zero attached hydrogens (tertiary/aromatic N) is 1. The molecule has 2 N–H and O–H groups in total. The maximum absolute atomic E-state index is 12.2. The van der Waals surface area contributed by atoms with Crippen LogP contribution in [-0.2, 0) is 19.6 Å². The van der Waals surface area contributed by atoms with Gasteiger partial charge in [0.1, 0.15) is 0 Å². The number of carbonyl (C=O) groups excluding carboxylic acids is 1. The molecule has 1 atom stereocenters. The summed E-state index contributed by atoms with van der Waals surface area (Å²) in [4.78, 5) is 14.2. The van der Waals surface area contributed by atoms with Crippen LogP contribution in [-0.4, -0.2) is 58.1 Å².